The van der Waals surface area contributed by atoms with Crippen molar-refractivity contribution in [2.45, 2.75) is 6.10 Å². The fourth-order valence-electron chi connectivity index (χ4n) is 1.05. The van der Waals surface area contributed by atoms with E-state index in [2.05, 4.69) is 20.9 Å². The van der Waals surface area contributed by atoms with Crippen molar-refractivity contribution in [1.29, 1.82) is 0 Å². The van der Waals surface area contributed by atoms with Gasteiger partial charge >= 0.3 is 0 Å². The van der Waals surface area contributed by atoms with Gasteiger partial charge in [0.15, 0.2) is 11.5 Å². The predicted octanol–water partition coefficient (Wildman–Crippen LogP) is 1.62. The van der Waals surface area contributed by atoms with E-state index in [1.54, 1.807) is 12.4 Å². The number of ether oxygens (including phenoxy) is 2. The highest BCUT2D eigenvalue weighted by Crippen LogP contribution is 2.30. The SMILES string of the molecule is BrCC1COc2cnccc2O1. The second-order valence-electron chi connectivity index (χ2n) is 2.53. The van der Waals surface area contributed by atoms with Crippen molar-refractivity contribution in [2.24, 2.45) is 0 Å². The molecule has 1 aromatic rings. The summed E-state index contributed by atoms with van der Waals surface area (Å²) in [7, 11) is 0. The third kappa shape index (κ3) is 1.39. The van der Waals surface area contributed by atoms with Gasteiger partial charge in [-0.2, -0.15) is 0 Å². The highest BCUT2D eigenvalue weighted by atomic mass is 79.9. The van der Waals surface area contributed by atoms with Crippen LogP contribution in [0.15, 0.2) is 18.5 Å². The molecule has 1 unspecified atom stereocenters. The van der Waals surface area contributed by atoms with E-state index >= 15 is 0 Å². The Hall–Kier alpha value is -0.770. The molecule has 4 heteroatoms. The summed E-state index contributed by atoms with van der Waals surface area (Å²) in [5.41, 5.74) is 0. The van der Waals surface area contributed by atoms with Crippen LogP contribution >= 0.6 is 15.9 Å². The second-order valence-corrected chi connectivity index (χ2v) is 3.18. The van der Waals surface area contributed by atoms with Crippen molar-refractivity contribution in [1.82, 2.24) is 4.98 Å². The van der Waals surface area contributed by atoms with Gasteiger partial charge in [-0.15, -0.1) is 0 Å². The molecular formula is C8H8BrNO2. The predicted molar refractivity (Wildman–Crippen MR) is 47.9 cm³/mol. The van der Waals surface area contributed by atoms with E-state index in [9.17, 15) is 0 Å². The minimum atomic E-state index is 0.111. The second kappa shape index (κ2) is 3.31. The lowest BCUT2D eigenvalue weighted by Gasteiger charge is -2.24. The van der Waals surface area contributed by atoms with E-state index in [1.807, 2.05) is 6.07 Å². The van der Waals surface area contributed by atoms with Crippen LogP contribution in [0.5, 0.6) is 11.5 Å². The fourth-order valence-corrected chi connectivity index (χ4v) is 1.36. The molecule has 0 radical (unpaired) electrons. The molecule has 0 aliphatic carbocycles. The first-order valence-corrected chi connectivity index (χ1v) is 4.81. The van der Waals surface area contributed by atoms with Crippen LogP contribution in [0.3, 0.4) is 0 Å². The number of rotatable bonds is 1. The summed E-state index contributed by atoms with van der Waals surface area (Å²) >= 11 is 3.34. The molecule has 2 rings (SSSR count). The molecule has 3 nitrogen and oxygen atoms in total. The Balaban J connectivity index is 2.23. The number of alkyl halides is 1. The van der Waals surface area contributed by atoms with Crippen molar-refractivity contribution < 1.29 is 9.47 Å². The van der Waals surface area contributed by atoms with Crippen LogP contribution < -0.4 is 9.47 Å². The number of aromatic nitrogens is 1. The molecule has 0 bridgehead atoms. The Bertz CT molecular complexity index is 280. The van der Waals surface area contributed by atoms with E-state index in [-0.39, 0.29) is 6.10 Å². The molecule has 1 atom stereocenters. The van der Waals surface area contributed by atoms with Crippen molar-refractivity contribution in [3.8, 4) is 11.5 Å². The molecule has 1 aromatic heterocycles. The Labute approximate surface area is 78.8 Å². The van der Waals surface area contributed by atoms with Crippen molar-refractivity contribution in [3.05, 3.63) is 18.5 Å². The van der Waals surface area contributed by atoms with E-state index in [0.717, 1.165) is 16.8 Å². The summed E-state index contributed by atoms with van der Waals surface area (Å²) in [6.07, 6.45) is 3.47. The van der Waals surface area contributed by atoms with Gasteiger partial charge in [0.2, 0.25) is 0 Å². The molecule has 0 N–H and O–H groups in total. The summed E-state index contributed by atoms with van der Waals surface area (Å²) in [6.45, 7) is 0.587. The normalized spacial score (nSPS) is 20.6. The minimum Gasteiger partial charge on any atom is -0.484 e. The molecule has 0 amide bonds. The summed E-state index contributed by atoms with van der Waals surface area (Å²) in [4.78, 5) is 3.93. The molecular weight excluding hydrogens is 222 g/mol. The maximum absolute atomic E-state index is 5.57. The molecule has 2 heterocycles. The third-order valence-corrected chi connectivity index (χ3v) is 2.36. The zero-order valence-corrected chi connectivity index (χ0v) is 7.95. The van der Waals surface area contributed by atoms with Crippen LogP contribution in [0.1, 0.15) is 0 Å². The Morgan fingerprint density at radius 2 is 2.50 bits per heavy atom. The van der Waals surface area contributed by atoms with E-state index in [4.69, 9.17) is 9.47 Å². The quantitative estimate of drug-likeness (QED) is 0.687. The number of pyridine rings is 1. The highest BCUT2D eigenvalue weighted by Gasteiger charge is 2.19. The average molecular weight is 230 g/mol. The van der Waals surface area contributed by atoms with Crippen molar-refractivity contribution >= 4 is 15.9 Å². The van der Waals surface area contributed by atoms with Gasteiger partial charge in [0, 0.05) is 17.6 Å². The lowest BCUT2D eigenvalue weighted by atomic mass is 10.3. The van der Waals surface area contributed by atoms with Crippen LogP contribution in [0, 0.1) is 0 Å². The van der Waals surface area contributed by atoms with Crippen LogP contribution in [0.4, 0.5) is 0 Å². The number of hydrogen-bond acceptors (Lipinski definition) is 3. The van der Waals surface area contributed by atoms with Crippen LogP contribution in [0.25, 0.3) is 0 Å². The maximum atomic E-state index is 5.57. The first-order valence-electron chi connectivity index (χ1n) is 3.69. The van der Waals surface area contributed by atoms with Gasteiger partial charge in [0.25, 0.3) is 0 Å². The van der Waals surface area contributed by atoms with E-state index in [1.165, 1.54) is 0 Å². The lowest BCUT2D eigenvalue weighted by Crippen LogP contribution is -2.30. The highest BCUT2D eigenvalue weighted by molar-refractivity contribution is 9.09. The number of nitrogens with zero attached hydrogens (tertiary/aromatic N) is 1. The number of fused-ring (bicyclic) bond motifs is 1. The van der Waals surface area contributed by atoms with Gasteiger partial charge in [0.05, 0.1) is 6.20 Å². The molecule has 0 aromatic carbocycles. The Kier molecular flexibility index (Phi) is 2.17. The maximum Gasteiger partial charge on any atom is 0.179 e. The first kappa shape index (κ1) is 7.86. The summed E-state index contributed by atoms with van der Waals surface area (Å²) in [6, 6.07) is 1.81. The fraction of sp³-hybridized carbons (Fsp3) is 0.375. The summed E-state index contributed by atoms with van der Waals surface area (Å²) in [5.74, 6) is 1.51. The van der Waals surface area contributed by atoms with Gasteiger partial charge in [0.1, 0.15) is 12.7 Å². The van der Waals surface area contributed by atoms with Gasteiger partial charge in [-0.1, -0.05) is 15.9 Å². The van der Waals surface area contributed by atoms with Crippen molar-refractivity contribution in [3.63, 3.8) is 0 Å². The zero-order chi connectivity index (χ0) is 8.39. The smallest absolute Gasteiger partial charge is 0.179 e. The van der Waals surface area contributed by atoms with Crippen LogP contribution in [0.2, 0.25) is 0 Å². The zero-order valence-electron chi connectivity index (χ0n) is 6.37. The lowest BCUT2D eigenvalue weighted by molar-refractivity contribution is 0.107. The molecule has 0 saturated heterocycles. The standard InChI is InChI=1S/C8H8BrNO2/c9-3-6-5-11-8-4-10-2-1-7(8)12-6/h1-2,4,6H,3,5H2. The Morgan fingerprint density at radius 1 is 1.58 bits per heavy atom. The molecule has 0 saturated carbocycles. The van der Waals surface area contributed by atoms with Crippen LogP contribution in [-0.2, 0) is 0 Å². The van der Waals surface area contributed by atoms with E-state index < -0.39 is 0 Å². The number of hydrogen-bond donors (Lipinski definition) is 0. The molecule has 1 aliphatic rings. The van der Waals surface area contributed by atoms with Gasteiger partial charge in [-0.05, 0) is 0 Å². The van der Waals surface area contributed by atoms with Gasteiger partial charge in [-0.25, -0.2) is 0 Å². The monoisotopic (exact) mass is 229 g/mol. The van der Waals surface area contributed by atoms with E-state index in [0.29, 0.717) is 6.61 Å². The molecule has 0 fully saturated rings. The topological polar surface area (TPSA) is 31.4 Å². The molecule has 12 heavy (non-hydrogen) atoms. The van der Waals surface area contributed by atoms with Crippen LogP contribution in [-0.4, -0.2) is 23.0 Å². The van der Waals surface area contributed by atoms with Crippen molar-refractivity contribution in [2.75, 3.05) is 11.9 Å². The minimum absolute atomic E-state index is 0.111. The first-order chi connectivity index (χ1) is 5.90. The third-order valence-electron chi connectivity index (χ3n) is 1.64. The molecule has 0 spiro atoms. The molecule has 64 valence electrons. The summed E-state index contributed by atoms with van der Waals surface area (Å²) in [5, 5.41) is 0.786. The van der Waals surface area contributed by atoms with Gasteiger partial charge in [-0.3, -0.25) is 4.98 Å². The van der Waals surface area contributed by atoms with Gasteiger partial charge < -0.3 is 9.47 Å². The summed E-state index contributed by atoms with van der Waals surface area (Å²) < 4.78 is 11.0. The Morgan fingerprint density at radius 3 is 3.33 bits per heavy atom. The number of halogens is 1. The average Bonchev–Trinajstić information content (AvgIpc) is 2.17. The molecule has 1 aliphatic heterocycles. The largest absolute Gasteiger partial charge is 0.484 e.